The molecule has 1 aromatic heterocycles. The van der Waals surface area contributed by atoms with Crippen molar-refractivity contribution >= 4 is 21.7 Å². The van der Waals surface area contributed by atoms with E-state index in [1.165, 1.54) is 6.33 Å². The molecule has 2 aromatic rings. The Morgan fingerprint density at radius 3 is 2.79 bits per heavy atom. The second-order valence-electron chi connectivity index (χ2n) is 4.15. The SMILES string of the molecule is CCCc1c(NC)ncnc1-c1cccc(Br)c1F. The fourth-order valence-electron chi connectivity index (χ4n) is 2.03. The summed E-state index contributed by atoms with van der Waals surface area (Å²) in [6, 6.07) is 5.22. The number of aromatic nitrogens is 2. The second kappa shape index (κ2) is 6.10. The quantitative estimate of drug-likeness (QED) is 0.922. The highest BCUT2D eigenvalue weighted by Gasteiger charge is 2.16. The van der Waals surface area contributed by atoms with Crippen LogP contribution in [-0.2, 0) is 6.42 Å². The van der Waals surface area contributed by atoms with E-state index in [4.69, 9.17) is 0 Å². The maximum atomic E-state index is 14.2. The third kappa shape index (κ3) is 2.76. The summed E-state index contributed by atoms with van der Waals surface area (Å²) in [4.78, 5) is 8.46. The van der Waals surface area contributed by atoms with Crippen molar-refractivity contribution in [2.75, 3.05) is 12.4 Å². The van der Waals surface area contributed by atoms with Crippen LogP contribution >= 0.6 is 15.9 Å². The molecule has 0 radical (unpaired) electrons. The number of benzene rings is 1. The molecule has 1 heterocycles. The normalized spacial score (nSPS) is 10.5. The first kappa shape index (κ1) is 13.9. The summed E-state index contributed by atoms with van der Waals surface area (Å²) in [7, 11) is 1.81. The molecule has 0 aliphatic carbocycles. The molecule has 2 rings (SSSR count). The van der Waals surface area contributed by atoms with E-state index in [2.05, 4.69) is 38.1 Å². The van der Waals surface area contributed by atoms with Crippen LogP contribution in [0.3, 0.4) is 0 Å². The molecule has 1 N–H and O–H groups in total. The monoisotopic (exact) mass is 323 g/mol. The molecule has 0 saturated heterocycles. The van der Waals surface area contributed by atoms with Crippen LogP contribution in [0.2, 0.25) is 0 Å². The van der Waals surface area contributed by atoms with Gasteiger partial charge in [0.15, 0.2) is 0 Å². The van der Waals surface area contributed by atoms with Crippen LogP contribution in [0.25, 0.3) is 11.3 Å². The molecule has 0 aliphatic rings. The average molecular weight is 324 g/mol. The minimum atomic E-state index is -0.291. The highest BCUT2D eigenvalue weighted by Crippen LogP contribution is 2.31. The van der Waals surface area contributed by atoms with Gasteiger partial charge in [-0.25, -0.2) is 14.4 Å². The molecule has 0 atom stereocenters. The van der Waals surface area contributed by atoms with Gasteiger partial charge in [0.2, 0.25) is 0 Å². The van der Waals surface area contributed by atoms with E-state index in [9.17, 15) is 4.39 Å². The van der Waals surface area contributed by atoms with Crippen LogP contribution in [0.15, 0.2) is 29.0 Å². The largest absolute Gasteiger partial charge is 0.373 e. The molecule has 0 fully saturated rings. The van der Waals surface area contributed by atoms with E-state index in [-0.39, 0.29) is 5.82 Å². The average Bonchev–Trinajstić information content (AvgIpc) is 2.43. The summed E-state index contributed by atoms with van der Waals surface area (Å²) in [5.41, 5.74) is 2.10. The van der Waals surface area contributed by atoms with Crippen LogP contribution in [0.1, 0.15) is 18.9 Å². The van der Waals surface area contributed by atoms with Gasteiger partial charge in [-0.2, -0.15) is 0 Å². The molecule has 3 nitrogen and oxygen atoms in total. The van der Waals surface area contributed by atoms with Crippen LogP contribution in [0, 0.1) is 5.82 Å². The summed E-state index contributed by atoms with van der Waals surface area (Å²) in [6.45, 7) is 2.08. The smallest absolute Gasteiger partial charge is 0.146 e. The van der Waals surface area contributed by atoms with Gasteiger partial charge in [0, 0.05) is 18.2 Å². The van der Waals surface area contributed by atoms with Gasteiger partial charge >= 0.3 is 0 Å². The fourth-order valence-corrected chi connectivity index (χ4v) is 2.40. The Morgan fingerprint density at radius 1 is 1.32 bits per heavy atom. The van der Waals surface area contributed by atoms with Crippen molar-refractivity contribution in [2.45, 2.75) is 19.8 Å². The van der Waals surface area contributed by atoms with Crippen molar-refractivity contribution in [3.05, 3.63) is 40.4 Å². The van der Waals surface area contributed by atoms with Crippen molar-refractivity contribution in [3.8, 4) is 11.3 Å². The van der Waals surface area contributed by atoms with Gasteiger partial charge < -0.3 is 5.32 Å². The van der Waals surface area contributed by atoms with Gasteiger partial charge in [-0.1, -0.05) is 19.4 Å². The van der Waals surface area contributed by atoms with E-state index in [1.54, 1.807) is 18.2 Å². The maximum Gasteiger partial charge on any atom is 0.146 e. The Kier molecular flexibility index (Phi) is 4.47. The molecule has 0 unspecified atom stereocenters. The van der Waals surface area contributed by atoms with Crippen LogP contribution in [-0.4, -0.2) is 17.0 Å². The molecule has 1 aromatic carbocycles. The molecule has 100 valence electrons. The second-order valence-corrected chi connectivity index (χ2v) is 5.01. The van der Waals surface area contributed by atoms with Gasteiger partial charge in [-0.05, 0) is 34.5 Å². The molecular formula is C14H15BrFN3. The standard InChI is InChI=1S/C14H15BrFN3/c1-3-5-10-13(18-8-19-14(10)17-2)9-6-4-7-11(15)12(9)16/h4,6-8H,3,5H2,1-2H3,(H,17,18,19). The molecule has 0 spiro atoms. The highest BCUT2D eigenvalue weighted by molar-refractivity contribution is 9.10. The van der Waals surface area contributed by atoms with E-state index >= 15 is 0 Å². The first-order valence-electron chi connectivity index (χ1n) is 6.15. The number of rotatable bonds is 4. The zero-order valence-corrected chi connectivity index (χ0v) is 12.5. The van der Waals surface area contributed by atoms with E-state index < -0.39 is 0 Å². The predicted molar refractivity (Wildman–Crippen MR) is 78.7 cm³/mol. The Morgan fingerprint density at radius 2 is 2.11 bits per heavy atom. The molecular weight excluding hydrogens is 309 g/mol. The first-order valence-corrected chi connectivity index (χ1v) is 6.94. The van der Waals surface area contributed by atoms with Gasteiger partial charge in [-0.3, -0.25) is 0 Å². The lowest BCUT2D eigenvalue weighted by molar-refractivity contribution is 0.623. The third-order valence-corrected chi connectivity index (χ3v) is 3.50. The van der Waals surface area contributed by atoms with Gasteiger partial charge in [-0.15, -0.1) is 0 Å². The first-order chi connectivity index (χ1) is 9.19. The lowest BCUT2D eigenvalue weighted by Crippen LogP contribution is -2.04. The van der Waals surface area contributed by atoms with E-state index in [0.717, 1.165) is 24.2 Å². The van der Waals surface area contributed by atoms with Crippen molar-refractivity contribution in [1.29, 1.82) is 0 Å². The summed E-state index contributed by atoms with van der Waals surface area (Å²) in [5, 5.41) is 3.04. The van der Waals surface area contributed by atoms with Crippen molar-refractivity contribution in [1.82, 2.24) is 9.97 Å². The number of hydrogen-bond donors (Lipinski definition) is 1. The number of anilines is 1. The molecule has 0 saturated carbocycles. The summed E-state index contributed by atoms with van der Waals surface area (Å²) in [5.74, 6) is 0.465. The summed E-state index contributed by atoms with van der Waals surface area (Å²) < 4.78 is 14.7. The Balaban J connectivity index is 2.64. The molecule has 5 heteroatoms. The van der Waals surface area contributed by atoms with Crippen molar-refractivity contribution in [2.24, 2.45) is 0 Å². The molecule has 0 aliphatic heterocycles. The summed E-state index contributed by atoms with van der Waals surface area (Å²) in [6.07, 6.45) is 3.21. The zero-order valence-electron chi connectivity index (χ0n) is 10.9. The van der Waals surface area contributed by atoms with Crippen molar-refractivity contribution < 1.29 is 4.39 Å². The highest BCUT2D eigenvalue weighted by atomic mass is 79.9. The van der Waals surface area contributed by atoms with Gasteiger partial charge in [0.05, 0.1) is 10.2 Å². The van der Waals surface area contributed by atoms with E-state index in [0.29, 0.717) is 15.7 Å². The van der Waals surface area contributed by atoms with Gasteiger partial charge in [0.25, 0.3) is 0 Å². The Labute approximate surface area is 120 Å². The number of hydrogen-bond acceptors (Lipinski definition) is 3. The minimum Gasteiger partial charge on any atom is -0.373 e. The predicted octanol–water partition coefficient (Wildman–Crippen LogP) is 4.04. The molecule has 0 bridgehead atoms. The van der Waals surface area contributed by atoms with Crippen LogP contribution in [0.5, 0.6) is 0 Å². The van der Waals surface area contributed by atoms with Crippen molar-refractivity contribution in [3.63, 3.8) is 0 Å². The third-order valence-electron chi connectivity index (χ3n) is 2.89. The van der Waals surface area contributed by atoms with Crippen LogP contribution < -0.4 is 5.32 Å². The fraction of sp³-hybridized carbons (Fsp3) is 0.286. The Bertz CT molecular complexity index is 587. The maximum absolute atomic E-state index is 14.2. The summed E-state index contributed by atoms with van der Waals surface area (Å²) >= 11 is 3.21. The molecule has 19 heavy (non-hydrogen) atoms. The molecule has 0 amide bonds. The van der Waals surface area contributed by atoms with E-state index in [1.807, 2.05) is 7.05 Å². The minimum absolute atomic E-state index is 0.291. The van der Waals surface area contributed by atoms with Gasteiger partial charge in [0.1, 0.15) is 18.0 Å². The topological polar surface area (TPSA) is 37.8 Å². The lowest BCUT2D eigenvalue weighted by Gasteiger charge is -2.13. The number of nitrogens with one attached hydrogen (secondary N) is 1. The zero-order chi connectivity index (χ0) is 13.8. The van der Waals surface area contributed by atoms with Crippen LogP contribution in [0.4, 0.5) is 10.2 Å². The number of halogens is 2. The lowest BCUT2D eigenvalue weighted by atomic mass is 10.0. The number of nitrogens with zero attached hydrogens (tertiary/aromatic N) is 2. The Hall–Kier alpha value is -1.49.